The van der Waals surface area contributed by atoms with Gasteiger partial charge in [-0.1, -0.05) is 31.9 Å². The maximum Gasteiger partial charge on any atom is 1.00 e. The summed E-state index contributed by atoms with van der Waals surface area (Å²) in [4.78, 5) is 16.2. The van der Waals surface area contributed by atoms with Crippen LogP contribution in [0.25, 0.3) is 0 Å². The van der Waals surface area contributed by atoms with Crippen molar-refractivity contribution in [2.45, 2.75) is 45.4 Å². The average Bonchev–Trinajstić information content (AvgIpc) is 2.46. The fourth-order valence-electron chi connectivity index (χ4n) is 1.72. The number of carboxylic acids is 1. The molecule has 7 heteroatoms. The Morgan fingerprint density at radius 3 is 2.59 bits per heavy atom. The largest absolute Gasteiger partial charge is 1.00 e. The van der Waals surface area contributed by atoms with Gasteiger partial charge in [-0.05, 0) is 25.2 Å². The van der Waals surface area contributed by atoms with Crippen molar-refractivity contribution in [3.63, 3.8) is 0 Å². The van der Waals surface area contributed by atoms with Crippen molar-refractivity contribution in [1.29, 1.82) is 0 Å². The van der Waals surface area contributed by atoms with Crippen molar-refractivity contribution in [2.75, 3.05) is 26.4 Å². The summed E-state index contributed by atoms with van der Waals surface area (Å²) in [6.07, 6.45) is 8.09. The van der Waals surface area contributed by atoms with Gasteiger partial charge in [-0.25, -0.2) is 0 Å². The van der Waals surface area contributed by atoms with Crippen LogP contribution in [0.3, 0.4) is 0 Å². The maximum atomic E-state index is 11.5. The van der Waals surface area contributed by atoms with Gasteiger partial charge in [0.1, 0.15) is 0 Å². The van der Waals surface area contributed by atoms with Crippen LogP contribution in [0.15, 0.2) is 17.1 Å². The number of unbranched alkanes of at least 4 members (excludes halogenated alkanes) is 3. The van der Waals surface area contributed by atoms with E-state index in [0.29, 0.717) is 19.5 Å². The zero-order valence-corrected chi connectivity index (χ0v) is 13.8. The van der Waals surface area contributed by atoms with E-state index in [1.54, 1.807) is 4.90 Å². The Bertz CT molecular complexity index is 336. The molecule has 0 aromatic rings. The van der Waals surface area contributed by atoms with Crippen LogP contribution in [0.1, 0.15) is 45.4 Å². The zero-order chi connectivity index (χ0) is 15.9. The van der Waals surface area contributed by atoms with Crippen LogP contribution in [0.4, 0.5) is 0 Å². The van der Waals surface area contributed by atoms with Crippen molar-refractivity contribution >= 4 is 11.9 Å². The van der Waals surface area contributed by atoms with Crippen molar-refractivity contribution in [1.82, 2.24) is 4.90 Å². The van der Waals surface area contributed by atoms with Gasteiger partial charge in [-0.3, -0.25) is 14.7 Å². The first-order chi connectivity index (χ1) is 10.1. The second-order valence-corrected chi connectivity index (χ2v) is 4.87. The van der Waals surface area contributed by atoms with E-state index in [4.69, 9.17) is 10.2 Å². The number of allylic oxidation sites excluding steroid dienone is 1. The normalized spacial score (nSPS) is 11.9. The van der Waals surface area contributed by atoms with Crippen molar-refractivity contribution in [3.05, 3.63) is 12.2 Å². The monoisotopic (exact) mass is 306 g/mol. The molecule has 0 fully saturated rings. The summed E-state index contributed by atoms with van der Waals surface area (Å²) in [5.74, 6) is -1.18. The molecule has 0 saturated heterocycles. The molecule has 0 aromatic carbocycles. The maximum absolute atomic E-state index is 11.5. The van der Waals surface area contributed by atoms with E-state index in [2.05, 4.69) is 11.9 Å². The third-order valence-corrected chi connectivity index (χ3v) is 2.94. The van der Waals surface area contributed by atoms with Crippen LogP contribution in [0, 0.1) is 0 Å². The van der Waals surface area contributed by atoms with Gasteiger partial charge in [0.25, 0.3) is 0 Å². The SMILES string of the molecule is CCCCC/C=C/C([O-])=NCN(CCCO)CCC(=O)O.[Li+]. The number of aliphatic hydroxyl groups excluding tert-OH is 1. The van der Waals surface area contributed by atoms with E-state index < -0.39 is 5.97 Å². The molecule has 0 radical (unpaired) electrons. The zero-order valence-electron chi connectivity index (χ0n) is 13.8. The minimum Gasteiger partial charge on any atom is -0.859 e. The number of hydrogen-bond donors (Lipinski definition) is 2. The van der Waals surface area contributed by atoms with Crippen LogP contribution in [0.2, 0.25) is 0 Å². The molecule has 0 saturated carbocycles. The quantitative estimate of drug-likeness (QED) is 0.178. The molecule has 0 aromatic heterocycles. The summed E-state index contributed by atoms with van der Waals surface area (Å²) in [6.45, 7) is 3.19. The smallest absolute Gasteiger partial charge is 0.859 e. The number of aliphatic imine (C=N–C) groups is 1. The summed E-state index contributed by atoms with van der Waals surface area (Å²) in [5, 5.41) is 29.0. The molecule has 0 unspecified atom stereocenters. The van der Waals surface area contributed by atoms with Gasteiger partial charge in [0, 0.05) is 19.7 Å². The molecule has 0 bridgehead atoms. The first-order valence-electron chi connectivity index (χ1n) is 7.53. The molecule has 2 N–H and O–H groups in total. The Labute approximate surface area is 145 Å². The van der Waals surface area contributed by atoms with Crippen molar-refractivity contribution < 1.29 is 39.0 Å². The second-order valence-electron chi connectivity index (χ2n) is 4.87. The standard InChI is InChI=1S/C15H28N2O4.Li/c1-2-3-4-5-6-8-14(19)16-13-17(10-7-12-18)11-9-15(20)21;/h6,8,18H,2-5,7,9-13H2,1H3,(H,16,19)(H,20,21);/q;+1/p-1/b8-6+;. The van der Waals surface area contributed by atoms with Gasteiger partial charge in [0.05, 0.1) is 13.1 Å². The number of carbonyl (C=O) groups is 1. The summed E-state index contributed by atoms with van der Waals surface area (Å²) in [7, 11) is 0. The molecule has 122 valence electrons. The summed E-state index contributed by atoms with van der Waals surface area (Å²) < 4.78 is 0. The molecular formula is C15H27LiN2O4. The number of rotatable bonds is 13. The number of carboxylic acid groups (broad SMARTS) is 1. The third kappa shape index (κ3) is 15.6. The summed E-state index contributed by atoms with van der Waals surface area (Å²) in [6, 6.07) is 0. The van der Waals surface area contributed by atoms with Crippen LogP contribution < -0.4 is 24.0 Å². The molecule has 0 atom stereocenters. The van der Waals surface area contributed by atoms with Crippen LogP contribution in [-0.2, 0) is 4.79 Å². The molecule has 0 heterocycles. The van der Waals surface area contributed by atoms with Gasteiger partial charge in [0.2, 0.25) is 0 Å². The number of aliphatic hydroxyl groups is 1. The minimum atomic E-state index is -0.883. The van der Waals surface area contributed by atoms with E-state index in [1.165, 1.54) is 6.08 Å². The molecule has 0 rings (SSSR count). The van der Waals surface area contributed by atoms with E-state index in [0.717, 1.165) is 25.7 Å². The van der Waals surface area contributed by atoms with E-state index in [1.807, 2.05) is 6.08 Å². The van der Waals surface area contributed by atoms with E-state index in [-0.39, 0.29) is 44.5 Å². The van der Waals surface area contributed by atoms with E-state index in [9.17, 15) is 9.90 Å². The first kappa shape index (κ1) is 23.5. The first-order valence-corrected chi connectivity index (χ1v) is 7.53. The third-order valence-electron chi connectivity index (χ3n) is 2.94. The Kier molecular flexibility index (Phi) is 17.7. The number of hydrogen-bond acceptors (Lipinski definition) is 5. The molecule has 6 nitrogen and oxygen atoms in total. The fraction of sp³-hybridized carbons (Fsp3) is 0.733. The van der Waals surface area contributed by atoms with Crippen LogP contribution >= 0.6 is 0 Å². The van der Waals surface area contributed by atoms with Crippen LogP contribution in [-0.4, -0.2) is 53.3 Å². The summed E-state index contributed by atoms with van der Waals surface area (Å²) in [5.41, 5.74) is 0. The van der Waals surface area contributed by atoms with Crippen molar-refractivity contribution in [2.24, 2.45) is 4.99 Å². The Morgan fingerprint density at radius 1 is 1.27 bits per heavy atom. The van der Waals surface area contributed by atoms with E-state index >= 15 is 0 Å². The number of nitrogens with zero attached hydrogens (tertiary/aromatic N) is 2. The molecule has 0 spiro atoms. The molecule has 22 heavy (non-hydrogen) atoms. The molecule has 0 aliphatic carbocycles. The molecule has 0 aliphatic heterocycles. The van der Waals surface area contributed by atoms with Gasteiger partial charge in [-0.2, -0.15) is 0 Å². The molecular weight excluding hydrogens is 279 g/mol. The fourth-order valence-corrected chi connectivity index (χ4v) is 1.72. The Hall–Kier alpha value is -0.803. The van der Waals surface area contributed by atoms with Gasteiger partial charge < -0.3 is 15.3 Å². The van der Waals surface area contributed by atoms with Gasteiger partial charge in [-0.15, -0.1) is 0 Å². The van der Waals surface area contributed by atoms with Crippen molar-refractivity contribution in [3.8, 4) is 0 Å². The van der Waals surface area contributed by atoms with Gasteiger partial charge in [0.15, 0.2) is 0 Å². The predicted molar refractivity (Wildman–Crippen MR) is 81.1 cm³/mol. The topological polar surface area (TPSA) is 96.2 Å². The molecule has 0 amide bonds. The Morgan fingerprint density at radius 2 is 2.00 bits per heavy atom. The van der Waals surface area contributed by atoms with Gasteiger partial charge >= 0.3 is 24.8 Å². The molecule has 0 aliphatic rings. The number of aliphatic carboxylic acids is 1. The average molecular weight is 306 g/mol. The van der Waals surface area contributed by atoms with Crippen LogP contribution in [0.5, 0.6) is 0 Å². The predicted octanol–water partition coefficient (Wildman–Crippen LogP) is -2.00. The minimum absolute atomic E-state index is 0. The summed E-state index contributed by atoms with van der Waals surface area (Å²) >= 11 is 0. The Balaban J connectivity index is 0. The second kappa shape index (κ2) is 16.6.